The molecule has 0 aromatic heterocycles. The summed E-state index contributed by atoms with van der Waals surface area (Å²) < 4.78 is 4.73. The van der Waals surface area contributed by atoms with Crippen molar-refractivity contribution < 1.29 is 9.53 Å². The molecule has 0 amide bonds. The van der Waals surface area contributed by atoms with Crippen molar-refractivity contribution in [3.05, 3.63) is 0 Å². The minimum atomic E-state index is -0.142. The zero-order chi connectivity index (χ0) is 9.84. The highest BCUT2D eigenvalue weighted by Gasteiger charge is 2.32. The highest BCUT2D eigenvalue weighted by molar-refractivity contribution is 5.87. The predicted octanol–water partition coefficient (Wildman–Crippen LogP) is 2.01. The van der Waals surface area contributed by atoms with E-state index in [4.69, 9.17) is 10.1 Å². The topological polar surface area (TPSA) is 50.2 Å². The number of carbonyl (C=O) groups is 1. The Balaban J connectivity index is 2.67. The minimum absolute atomic E-state index is 0.0590. The van der Waals surface area contributed by atoms with Crippen molar-refractivity contribution in [3.8, 4) is 0 Å². The monoisotopic (exact) mass is 183 g/mol. The third-order valence-corrected chi connectivity index (χ3v) is 2.83. The van der Waals surface area contributed by atoms with Gasteiger partial charge in [0.1, 0.15) is 0 Å². The second kappa shape index (κ2) is 4.40. The quantitative estimate of drug-likeness (QED) is 0.526. The molecule has 2 atom stereocenters. The van der Waals surface area contributed by atoms with Crippen molar-refractivity contribution in [2.24, 2.45) is 11.8 Å². The standard InChI is InChI=1S/C10H17NO2/c1-7(11)8-5-3-4-6-9(8)10(12)13-2/h8-9,11H,3-6H2,1-2H3. The highest BCUT2D eigenvalue weighted by Crippen LogP contribution is 2.31. The average Bonchev–Trinajstić information content (AvgIpc) is 2.16. The van der Waals surface area contributed by atoms with E-state index in [1.54, 1.807) is 6.92 Å². The third kappa shape index (κ3) is 2.29. The van der Waals surface area contributed by atoms with Gasteiger partial charge in [0, 0.05) is 11.6 Å². The summed E-state index contributed by atoms with van der Waals surface area (Å²) in [5, 5.41) is 7.58. The van der Waals surface area contributed by atoms with E-state index >= 15 is 0 Å². The first-order chi connectivity index (χ1) is 6.16. The fourth-order valence-electron chi connectivity index (χ4n) is 2.08. The van der Waals surface area contributed by atoms with E-state index in [0.29, 0.717) is 5.71 Å². The molecule has 3 heteroatoms. The van der Waals surface area contributed by atoms with Crippen LogP contribution in [0.25, 0.3) is 0 Å². The molecule has 1 rings (SSSR count). The van der Waals surface area contributed by atoms with Gasteiger partial charge in [-0.1, -0.05) is 12.8 Å². The number of nitrogens with one attached hydrogen (secondary N) is 1. The van der Waals surface area contributed by atoms with Crippen molar-refractivity contribution in [2.45, 2.75) is 32.6 Å². The van der Waals surface area contributed by atoms with Crippen LogP contribution >= 0.6 is 0 Å². The molecule has 0 spiro atoms. The summed E-state index contributed by atoms with van der Waals surface area (Å²) >= 11 is 0. The van der Waals surface area contributed by atoms with E-state index in [1.165, 1.54) is 7.11 Å². The van der Waals surface area contributed by atoms with Crippen molar-refractivity contribution >= 4 is 11.7 Å². The van der Waals surface area contributed by atoms with Crippen LogP contribution in [0.5, 0.6) is 0 Å². The van der Waals surface area contributed by atoms with Gasteiger partial charge in [-0.05, 0) is 19.8 Å². The number of hydrogen-bond donors (Lipinski definition) is 1. The summed E-state index contributed by atoms with van der Waals surface area (Å²) in [6.07, 6.45) is 4.07. The van der Waals surface area contributed by atoms with Gasteiger partial charge in [0.2, 0.25) is 0 Å². The van der Waals surface area contributed by atoms with Gasteiger partial charge in [0.25, 0.3) is 0 Å². The fraction of sp³-hybridized carbons (Fsp3) is 0.800. The van der Waals surface area contributed by atoms with Gasteiger partial charge in [-0.25, -0.2) is 0 Å². The molecular formula is C10H17NO2. The molecule has 1 N–H and O–H groups in total. The molecule has 1 fully saturated rings. The summed E-state index contributed by atoms with van der Waals surface area (Å²) in [5.41, 5.74) is 0.620. The normalized spacial score (nSPS) is 28.2. The Bertz CT molecular complexity index is 213. The Morgan fingerprint density at radius 3 is 2.31 bits per heavy atom. The van der Waals surface area contributed by atoms with E-state index in [2.05, 4.69) is 0 Å². The van der Waals surface area contributed by atoms with Crippen molar-refractivity contribution in [2.75, 3.05) is 7.11 Å². The molecule has 0 bridgehead atoms. The molecule has 0 aliphatic heterocycles. The van der Waals surface area contributed by atoms with Crippen molar-refractivity contribution in [1.82, 2.24) is 0 Å². The van der Waals surface area contributed by atoms with Crippen LogP contribution in [0.15, 0.2) is 0 Å². The van der Waals surface area contributed by atoms with E-state index in [9.17, 15) is 4.79 Å². The van der Waals surface area contributed by atoms with E-state index < -0.39 is 0 Å². The maximum absolute atomic E-state index is 11.4. The molecule has 0 saturated heterocycles. The first kappa shape index (κ1) is 10.2. The summed E-state index contributed by atoms with van der Waals surface area (Å²) in [6.45, 7) is 1.78. The van der Waals surface area contributed by atoms with Crippen molar-refractivity contribution in [3.63, 3.8) is 0 Å². The van der Waals surface area contributed by atoms with E-state index in [0.717, 1.165) is 25.7 Å². The number of methoxy groups -OCH3 is 1. The molecule has 3 nitrogen and oxygen atoms in total. The maximum Gasteiger partial charge on any atom is 0.309 e. The molecule has 1 aliphatic carbocycles. The molecule has 2 unspecified atom stereocenters. The van der Waals surface area contributed by atoms with Crippen molar-refractivity contribution in [1.29, 1.82) is 5.41 Å². The lowest BCUT2D eigenvalue weighted by atomic mass is 9.77. The number of carbonyl (C=O) groups excluding carboxylic acids is 1. The molecule has 74 valence electrons. The Kier molecular flexibility index (Phi) is 3.46. The van der Waals surface area contributed by atoms with Gasteiger partial charge < -0.3 is 10.1 Å². The van der Waals surface area contributed by atoms with Gasteiger partial charge in [0.15, 0.2) is 0 Å². The largest absolute Gasteiger partial charge is 0.469 e. The zero-order valence-electron chi connectivity index (χ0n) is 8.30. The number of hydrogen-bond acceptors (Lipinski definition) is 3. The number of rotatable bonds is 2. The van der Waals surface area contributed by atoms with Crippen LogP contribution in [0.4, 0.5) is 0 Å². The van der Waals surface area contributed by atoms with Crippen LogP contribution in [0.1, 0.15) is 32.6 Å². The molecule has 1 saturated carbocycles. The Labute approximate surface area is 79.0 Å². The van der Waals surface area contributed by atoms with Gasteiger partial charge in [-0.3, -0.25) is 4.79 Å². The van der Waals surface area contributed by atoms with E-state index in [1.807, 2.05) is 0 Å². The second-order valence-electron chi connectivity index (χ2n) is 3.70. The SMILES string of the molecule is COC(=O)C1CCCCC1C(C)=N. The summed E-state index contributed by atoms with van der Waals surface area (Å²) in [4.78, 5) is 11.4. The second-order valence-corrected chi connectivity index (χ2v) is 3.70. The Morgan fingerprint density at radius 1 is 1.31 bits per heavy atom. The first-order valence-electron chi connectivity index (χ1n) is 4.79. The van der Waals surface area contributed by atoms with E-state index in [-0.39, 0.29) is 17.8 Å². The van der Waals surface area contributed by atoms with Gasteiger partial charge in [-0.15, -0.1) is 0 Å². The van der Waals surface area contributed by atoms with Crippen LogP contribution in [0, 0.1) is 17.2 Å². The molecule has 1 aliphatic rings. The first-order valence-corrected chi connectivity index (χ1v) is 4.79. The summed E-state index contributed by atoms with van der Waals surface area (Å²) in [5.74, 6) is -0.0752. The number of esters is 1. The number of ether oxygens (including phenoxy) is 1. The molecular weight excluding hydrogens is 166 g/mol. The van der Waals surface area contributed by atoms with Crippen LogP contribution in [0.2, 0.25) is 0 Å². The third-order valence-electron chi connectivity index (χ3n) is 2.83. The summed E-state index contributed by atoms with van der Waals surface area (Å²) in [7, 11) is 1.42. The lowest BCUT2D eigenvalue weighted by Crippen LogP contribution is -2.32. The molecule has 0 heterocycles. The van der Waals surface area contributed by atoms with Gasteiger partial charge in [0.05, 0.1) is 13.0 Å². The van der Waals surface area contributed by atoms with Crippen LogP contribution < -0.4 is 0 Å². The van der Waals surface area contributed by atoms with Gasteiger partial charge in [-0.2, -0.15) is 0 Å². The lowest BCUT2D eigenvalue weighted by Gasteiger charge is -2.28. The highest BCUT2D eigenvalue weighted by atomic mass is 16.5. The molecule has 13 heavy (non-hydrogen) atoms. The minimum Gasteiger partial charge on any atom is -0.469 e. The van der Waals surface area contributed by atoms with Crippen LogP contribution in [-0.2, 0) is 9.53 Å². The van der Waals surface area contributed by atoms with Crippen LogP contribution in [-0.4, -0.2) is 18.8 Å². The molecule has 0 aromatic carbocycles. The Hall–Kier alpha value is -0.860. The van der Waals surface area contributed by atoms with Gasteiger partial charge >= 0.3 is 5.97 Å². The average molecular weight is 183 g/mol. The molecule has 0 aromatic rings. The predicted molar refractivity (Wildman–Crippen MR) is 50.9 cm³/mol. The summed E-state index contributed by atoms with van der Waals surface area (Å²) in [6, 6.07) is 0. The fourth-order valence-corrected chi connectivity index (χ4v) is 2.08. The lowest BCUT2D eigenvalue weighted by molar-refractivity contribution is -0.147. The Morgan fingerprint density at radius 2 is 1.85 bits per heavy atom. The smallest absolute Gasteiger partial charge is 0.309 e. The van der Waals surface area contributed by atoms with Crippen LogP contribution in [0.3, 0.4) is 0 Å². The maximum atomic E-state index is 11.4. The molecule has 0 radical (unpaired) electrons. The zero-order valence-corrected chi connectivity index (χ0v) is 8.30.